The van der Waals surface area contributed by atoms with Gasteiger partial charge in [-0.05, 0) is 20.8 Å². The first-order valence-electron chi connectivity index (χ1n) is 6.34. The molecule has 0 bridgehead atoms. The number of aromatic nitrogens is 2. The number of anilines is 1. The third-order valence-electron chi connectivity index (χ3n) is 3.28. The third-order valence-corrected chi connectivity index (χ3v) is 3.28. The number of nitriles is 1. The highest BCUT2D eigenvalue weighted by atomic mass is 16.2. The molecule has 1 atom stereocenters. The molecule has 0 aromatic carbocycles. The van der Waals surface area contributed by atoms with Crippen LogP contribution in [0.15, 0.2) is 6.20 Å². The van der Waals surface area contributed by atoms with Gasteiger partial charge in [-0.25, -0.2) is 4.68 Å². The van der Waals surface area contributed by atoms with Gasteiger partial charge in [0, 0.05) is 13.0 Å². The molecule has 1 unspecified atom stereocenters. The van der Waals surface area contributed by atoms with Crippen LogP contribution in [0.5, 0.6) is 0 Å². The van der Waals surface area contributed by atoms with Crippen LogP contribution in [0.3, 0.4) is 0 Å². The van der Waals surface area contributed by atoms with Gasteiger partial charge in [-0.3, -0.25) is 14.5 Å². The third kappa shape index (κ3) is 2.25. The molecular formula is C13H17N5O2. The van der Waals surface area contributed by atoms with Crippen molar-refractivity contribution in [3.8, 4) is 6.07 Å². The zero-order valence-electron chi connectivity index (χ0n) is 11.8. The molecule has 7 heteroatoms. The molecule has 1 aliphatic rings. The second-order valence-electron chi connectivity index (χ2n) is 5.88. The van der Waals surface area contributed by atoms with Gasteiger partial charge in [0.2, 0.25) is 11.8 Å². The number of nitrogens with two attached hydrogens (primary N) is 1. The van der Waals surface area contributed by atoms with Crippen molar-refractivity contribution < 1.29 is 9.59 Å². The maximum absolute atomic E-state index is 12.1. The lowest BCUT2D eigenvalue weighted by atomic mass is 10.1. The van der Waals surface area contributed by atoms with Gasteiger partial charge in [0.15, 0.2) is 5.82 Å². The van der Waals surface area contributed by atoms with E-state index in [9.17, 15) is 14.9 Å². The molecule has 0 saturated carbocycles. The van der Waals surface area contributed by atoms with E-state index >= 15 is 0 Å². The highest BCUT2D eigenvalue weighted by molar-refractivity contribution is 6.00. The van der Waals surface area contributed by atoms with Gasteiger partial charge >= 0.3 is 0 Å². The van der Waals surface area contributed by atoms with Crippen molar-refractivity contribution in [1.29, 1.82) is 5.26 Å². The van der Waals surface area contributed by atoms with Crippen LogP contribution in [-0.2, 0) is 15.1 Å². The summed E-state index contributed by atoms with van der Waals surface area (Å²) in [6.07, 6.45) is 1.51. The Bertz CT molecular complexity index is 605. The number of carbonyl (C=O) groups excluding carboxylic acids is 2. The van der Waals surface area contributed by atoms with Crippen LogP contribution in [0.2, 0.25) is 0 Å². The highest BCUT2D eigenvalue weighted by Crippen LogP contribution is 2.31. The Hall–Kier alpha value is -2.36. The molecule has 1 aromatic heterocycles. The summed E-state index contributed by atoms with van der Waals surface area (Å²) in [7, 11) is 0. The molecule has 0 aliphatic carbocycles. The molecule has 106 valence electrons. The monoisotopic (exact) mass is 275 g/mol. The minimum absolute atomic E-state index is 0.0789. The van der Waals surface area contributed by atoms with Gasteiger partial charge in [0.1, 0.15) is 11.6 Å². The SMILES string of the molecule is CC(C)(C)n1ncc(C#N)c1N1CC(C(N)=O)CC1=O. The van der Waals surface area contributed by atoms with Gasteiger partial charge in [-0.2, -0.15) is 10.4 Å². The second-order valence-corrected chi connectivity index (χ2v) is 5.88. The average molecular weight is 275 g/mol. The predicted octanol–water partition coefficient (Wildman–Crippen LogP) is 0.348. The zero-order chi connectivity index (χ0) is 15.1. The molecule has 0 radical (unpaired) electrons. The first-order valence-corrected chi connectivity index (χ1v) is 6.34. The maximum atomic E-state index is 12.1. The normalized spacial score (nSPS) is 19.2. The Morgan fingerprint density at radius 2 is 2.20 bits per heavy atom. The largest absolute Gasteiger partial charge is 0.369 e. The summed E-state index contributed by atoms with van der Waals surface area (Å²) in [5.41, 5.74) is 5.20. The van der Waals surface area contributed by atoms with Crippen LogP contribution in [0.4, 0.5) is 5.82 Å². The van der Waals surface area contributed by atoms with Gasteiger partial charge in [0.25, 0.3) is 0 Å². The Morgan fingerprint density at radius 3 is 2.65 bits per heavy atom. The molecule has 2 rings (SSSR count). The number of hydrogen-bond acceptors (Lipinski definition) is 4. The molecule has 2 N–H and O–H groups in total. The van der Waals surface area contributed by atoms with Gasteiger partial charge < -0.3 is 5.73 Å². The van der Waals surface area contributed by atoms with Gasteiger partial charge in [0.05, 0.1) is 17.7 Å². The standard InChI is InChI=1S/C13H17N5O2/c1-13(2,3)18-12(9(5-14)6-16-18)17-7-8(11(15)20)4-10(17)19/h6,8H,4,7H2,1-3H3,(H2,15,20). The van der Waals surface area contributed by atoms with E-state index < -0.39 is 11.8 Å². The van der Waals surface area contributed by atoms with Crippen LogP contribution in [-0.4, -0.2) is 28.1 Å². The van der Waals surface area contributed by atoms with Gasteiger partial charge in [-0.15, -0.1) is 0 Å². The van der Waals surface area contributed by atoms with E-state index in [2.05, 4.69) is 5.10 Å². The molecule has 7 nitrogen and oxygen atoms in total. The van der Waals surface area contributed by atoms with Crippen molar-refractivity contribution >= 4 is 17.6 Å². The van der Waals surface area contributed by atoms with Crippen LogP contribution in [0, 0.1) is 17.2 Å². The summed E-state index contributed by atoms with van der Waals surface area (Å²) >= 11 is 0. The predicted molar refractivity (Wildman–Crippen MR) is 71.6 cm³/mol. The average Bonchev–Trinajstić information content (AvgIpc) is 2.90. The summed E-state index contributed by atoms with van der Waals surface area (Å²) < 4.78 is 1.63. The molecule has 1 saturated heterocycles. The molecule has 1 aliphatic heterocycles. The first kappa shape index (κ1) is 14.1. The lowest BCUT2D eigenvalue weighted by molar-refractivity contribution is -0.123. The number of carbonyl (C=O) groups is 2. The summed E-state index contributed by atoms with van der Waals surface area (Å²) in [4.78, 5) is 24.8. The van der Waals surface area contributed by atoms with E-state index in [0.717, 1.165) is 0 Å². The van der Waals surface area contributed by atoms with Crippen LogP contribution in [0.1, 0.15) is 32.8 Å². The van der Waals surface area contributed by atoms with E-state index in [-0.39, 0.29) is 24.4 Å². The molecule has 2 amide bonds. The zero-order valence-corrected chi connectivity index (χ0v) is 11.8. The summed E-state index contributed by atoms with van der Waals surface area (Å²) in [5, 5.41) is 13.4. The first-order chi connectivity index (χ1) is 9.25. The van der Waals surface area contributed by atoms with E-state index in [1.165, 1.54) is 11.1 Å². The smallest absolute Gasteiger partial charge is 0.229 e. The number of amides is 2. The lowest BCUT2D eigenvalue weighted by Crippen LogP contribution is -2.34. The quantitative estimate of drug-likeness (QED) is 0.840. The molecule has 0 spiro atoms. The number of hydrogen-bond donors (Lipinski definition) is 1. The molecule has 2 heterocycles. The summed E-state index contributed by atoms with van der Waals surface area (Å²) in [6.45, 7) is 5.98. The second kappa shape index (κ2) is 4.63. The minimum Gasteiger partial charge on any atom is -0.369 e. The fraction of sp³-hybridized carbons (Fsp3) is 0.538. The van der Waals surface area contributed by atoms with E-state index in [1.807, 2.05) is 26.8 Å². The van der Waals surface area contributed by atoms with Crippen molar-refractivity contribution in [3.05, 3.63) is 11.8 Å². The van der Waals surface area contributed by atoms with Crippen molar-refractivity contribution in [2.45, 2.75) is 32.7 Å². The van der Waals surface area contributed by atoms with Crippen LogP contribution in [0.25, 0.3) is 0 Å². The number of rotatable bonds is 2. The van der Waals surface area contributed by atoms with Crippen molar-refractivity contribution in [2.24, 2.45) is 11.7 Å². The van der Waals surface area contributed by atoms with Gasteiger partial charge in [-0.1, -0.05) is 0 Å². The fourth-order valence-corrected chi connectivity index (χ4v) is 2.27. The summed E-state index contributed by atoms with van der Waals surface area (Å²) in [6, 6.07) is 2.04. The minimum atomic E-state index is -0.516. The molecular weight excluding hydrogens is 258 g/mol. The molecule has 1 fully saturated rings. The fourth-order valence-electron chi connectivity index (χ4n) is 2.27. The highest BCUT2D eigenvalue weighted by Gasteiger charge is 2.38. The van der Waals surface area contributed by atoms with Crippen LogP contribution >= 0.6 is 0 Å². The van der Waals surface area contributed by atoms with Crippen LogP contribution < -0.4 is 10.6 Å². The Morgan fingerprint density at radius 1 is 1.55 bits per heavy atom. The topological polar surface area (TPSA) is 105 Å². The molecule has 20 heavy (non-hydrogen) atoms. The Kier molecular flexibility index (Phi) is 3.26. The lowest BCUT2D eigenvalue weighted by Gasteiger charge is -2.26. The maximum Gasteiger partial charge on any atom is 0.229 e. The Labute approximate surface area is 116 Å². The Balaban J connectivity index is 2.48. The van der Waals surface area contributed by atoms with Crippen molar-refractivity contribution in [3.63, 3.8) is 0 Å². The van der Waals surface area contributed by atoms with E-state index in [1.54, 1.807) is 4.68 Å². The van der Waals surface area contributed by atoms with E-state index in [0.29, 0.717) is 11.4 Å². The van der Waals surface area contributed by atoms with Crippen molar-refractivity contribution in [1.82, 2.24) is 9.78 Å². The molecule has 1 aromatic rings. The summed E-state index contributed by atoms with van der Waals surface area (Å²) in [5.74, 6) is -0.788. The van der Waals surface area contributed by atoms with Crippen molar-refractivity contribution in [2.75, 3.05) is 11.4 Å². The number of primary amides is 1. The number of nitrogens with zero attached hydrogens (tertiary/aromatic N) is 4. The van der Waals surface area contributed by atoms with E-state index in [4.69, 9.17) is 5.73 Å².